The van der Waals surface area contributed by atoms with Gasteiger partial charge in [0.2, 0.25) is 5.95 Å². The molecule has 0 N–H and O–H groups in total. The summed E-state index contributed by atoms with van der Waals surface area (Å²) in [5.41, 5.74) is 2.55. The molecule has 0 fully saturated rings. The average Bonchev–Trinajstić information content (AvgIpc) is 2.77. The topological polar surface area (TPSA) is 38.1 Å². The Hall–Kier alpha value is -2.59. The van der Waals surface area contributed by atoms with Crippen LogP contribution in [0, 0.1) is 0 Å². The first-order valence-corrected chi connectivity index (χ1v) is 11.2. The van der Waals surface area contributed by atoms with Gasteiger partial charge in [-0.15, -0.1) is 0 Å². The molecule has 1 heterocycles. The van der Waals surface area contributed by atoms with Gasteiger partial charge in [0.15, 0.2) is 0 Å². The summed E-state index contributed by atoms with van der Waals surface area (Å²) in [6, 6.07) is 17.5. The van der Waals surface area contributed by atoms with E-state index in [1.807, 2.05) is 54.6 Å². The van der Waals surface area contributed by atoms with Crippen LogP contribution in [0.5, 0.6) is 0 Å². The zero-order chi connectivity index (χ0) is 21.3. The Morgan fingerprint density at radius 2 is 1.57 bits per heavy atom. The zero-order valence-electron chi connectivity index (χ0n) is 17.9. The van der Waals surface area contributed by atoms with E-state index in [1.165, 1.54) is 0 Å². The van der Waals surface area contributed by atoms with Crippen molar-refractivity contribution in [2.45, 2.75) is 46.0 Å². The van der Waals surface area contributed by atoms with E-state index in [1.54, 1.807) is 10.8 Å². The summed E-state index contributed by atoms with van der Waals surface area (Å²) >= 11 is 6.10. The molecule has 0 aliphatic carbocycles. The van der Waals surface area contributed by atoms with E-state index in [9.17, 15) is 4.79 Å². The smallest absolute Gasteiger partial charge is 0.263 e. The highest BCUT2D eigenvalue weighted by Crippen LogP contribution is 2.20. The molecule has 3 rings (SSSR count). The first kappa shape index (κ1) is 22.1. The van der Waals surface area contributed by atoms with E-state index < -0.39 is 0 Å². The van der Waals surface area contributed by atoms with Crippen LogP contribution in [0.25, 0.3) is 5.69 Å². The molecule has 30 heavy (non-hydrogen) atoms. The van der Waals surface area contributed by atoms with Gasteiger partial charge in [-0.1, -0.05) is 68.6 Å². The molecule has 4 nitrogen and oxygen atoms in total. The predicted molar refractivity (Wildman–Crippen MR) is 126 cm³/mol. The molecule has 0 radical (unpaired) electrons. The maximum Gasteiger partial charge on any atom is 0.263 e. The summed E-state index contributed by atoms with van der Waals surface area (Å²) in [5.74, 6) is 0.709. The van der Waals surface area contributed by atoms with Crippen molar-refractivity contribution in [2.24, 2.45) is 0 Å². The van der Waals surface area contributed by atoms with Crippen molar-refractivity contribution in [1.29, 1.82) is 0 Å². The standard InChI is InChI=1S/C25H30ClN3O/c1-3-5-16-28(17-6-4-2)25-27-19-21(18-20-10-8-7-9-11-20)24(30)29(25)23-14-12-22(26)13-15-23/h7-15,19H,3-6,16-18H2,1-2H3. The highest BCUT2D eigenvalue weighted by Gasteiger charge is 2.18. The minimum absolute atomic E-state index is 0.0239. The second kappa shape index (κ2) is 11.0. The fourth-order valence-electron chi connectivity index (χ4n) is 3.48. The first-order valence-electron chi connectivity index (χ1n) is 10.8. The largest absolute Gasteiger partial charge is 0.342 e. The molecule has 0 amide bonds. The molecular formula is C25H30ClN3O. The van der Waals surface area contributed by atoms with Crippen LogP contribution in [-0.2, 0) is 6.42 Å². The molecular weight excluding hydrogens is 394 g/mol. The molecule has 0 bridgehead atoms. The minimum Gasteiger partial charge on any atom is -0.342 e. The summed E-state index contributed by atoms with van der Waals surface area (Å²) in [7, 11) is 0. The second-order valence-electron chi connectivity index (χ2n) is 7.56. The van der Waals surface area contributed by atoms with Crippen molar-refractivity contribution in [3.05, 3.63) is 87.3 Å². The number of anilines is 1. The van der Waals surface area contributed by atoms with Gasteiger partial charge in [-0.05, 0) is 42.7 Å². The van der Waals surface area contributed by atoms with E-state index in [-0.39, 0.29) is 5.56 Å². The summed E-state index contributed by atoms with van der Waals surface area (Å²) in [6.07, 6.45) is 6.63. The number of halogens is 1. The summed E-state index contributed by atoms with van der Waals surface area (Å²) < 4.78 is 1.75. The van der Waals surface area contributed by atoms with Crippen LogP contribution in [0.2, 0.25) is 5.02 Å². The molecule has 0 saturated carbocycles. The fourth-order valence-corrected chi connectivity index (χ4v) is 3.60. The zero-order valence-corrected chi connectivity index (χ0v) is 18.6. The maximum absolute atomic E-state index is 13.6. The van der Waals surface area contributed by atoms with Gasteiger partial charge in [0.1, 0.15) is 0 Å². The van der Waals surface area contributed by atoms with E-state index in [4.69, 9.17) is 16.6 Å². The Kier molecular flexibility index (Phi) is 8.09. The highest BCUT2D eigenvalue weighted by atomic mass is 35.5. The summed E-state index contributed by atoms with van der Waals surface area (Å²) in [4.78, 5) is 20.6. The van der Waals surface area contributed by atoms with Gasteiger partial charge in [-0.25, -0.2) is 9.55 Å². The maximum atomic E-state index is 13.6. The molecule has 0 aliphatic rings. The van der Waals surface area contributed by atoms with Crippen molar-refractivity contribution in [2.75, 3.05) is 18.0 Å². The number of aromatic nitrogens is 2. The third kappa shape index (κ3) is 5.51. The third-order valence-electron chi connectivity index (χ3n) is 5.18. The lowest BCUT2D eigenvalue weighted by atomic mass is 10.1. The second-order valence-corrected chi connectivity index (χ2v) is 7.99. The van der Waals surface area contributed by atoms with E-state index in [0.717, 1.165) is 50.0 Å². The van der Waals surface area contributed by atoms with Gasteiger partial charge in [0.05, 0.1) is 5.69 Å². The minimum atomic E-state index is -0.0239. The van der Waals surface area contributed by atoms with Crippen molar-refractivity contribution in [1.82, 2.24) is 9.55 Å². The molecule has 0 spiro atoms. The fraction of sp³-hybridized carbons (Fsp3) is 0.360. The van der Waals surface area contributed by atoms with Gasteiger partial charge in [0.25, 0.3) is 5.56 Å². The molecule has 158 valence electrons. The summed E-state index contributed by atoms with van der Waals surface area (Å²) in [6.45, 7) is 6.13. The Labute approximate surface area is 184 Å². The van der Waals surface area contributed by atoms with Crippen LogP contribution < -0.4 is 10.5 Å². The van der Waals surface area contributed by atoms with Gasteiger partial charge in [0, 0.05) is 36.3 Å². The molecule has 0 atom stereocenters. The number of rotatable bonds is 10. The van der Waals surface area contributed by atoms with Gasteiger partial charge < -0.3 is 4.90 Å². The van der Waals surface area contributed by atoms with E-state index in [2.05, 4.69) is 18.7 Å². The number of nitrogens with zero attached hydrogens (tertiary/aromatic N) is 3. The van der Waals surface area contributed by atoms with Crippen LogP contribution in [0.3, 0.4) is 0 Å². The Balaban J connectivity index is 2.09. The van der Waals surface area contributed by atoms with Crippen LogP contribution in [0.4, 0.5) is 5.95 Å². The Morgan fingerprint density at radius 1 is 0.933 bits per heavy atom. The SMILES string of the molecule is CCCCN(CCCC)c1ncc(Cc2ccccc2)c(=O)n1-c1ccc(Cl)cc1. The molecule has 0 unspecified atom stereocenters. The molecule has 5 heteroatoms. The molecule has 3 aromatic rings. The van der Waals surface area contributed by atoms with Crippen molar-refractivity contribution in [3.63, 3.8) is 0 Å². The number of unbranched alkanes of at least 4 members (excludes halogenated alkanes) is 2. The lowest BCUT2D eigenvalue weighted by Crippen LogP contribution is -2.35. The third-order valence-corrected chi connectivity index (χ3v) is 5.43. The van der Waals surface area contributed by atoms with E-state index >= 15 is 0 Å². The number of hydrogen-bond acceptors (Lipinski definition) is 3. The van der Waals surface area contributed by atoms with Crippen molar-refractivity contribution in [3.8, 4) is 5.69 Å². The first-order chi connectivity index (χ1) is 14.6. The number of hydrogen-bond donors (Lipinski definition) is 0. The van der Waals surface area contributed by atoms with Gasteiger partial charge >= 0.3 is 0 Å². The molecule has 1 aromatic heterocycles. The Bertz CT molecular complexity index is 976. The predicted octanol–water partition coefficient (Wildman–Crippen LogP) is 5.88. The molecule has 0 aliphatic heterocycles. The van der Waals surface area contributed by atoms with Crippen LogP contribution in [0.15, 0.2) is 65.6 Å². The van der Waals surface area contributed by atoms with E-state index in [0.29, 0.717) is 23.0 Å². The van der Waals surface area contributed by atoms with Crippen molar-refractivity contribution >= 4 is 17.5 Å². The van der Waals surface area contributed by atoms with Crippen LogP contribution >= 0.6 is 11.6 Å². The molecule has 0 saturated heterocycles. The monoisotopic (exact) mass is 423 g/mol. The Morgan fingerprint density at radius 3 is 2.17 bits per heavy atom. The lowest BCUT2D eigenvalue weighted by molar-refractivity contribution is 0.650. The van der Waals surface area contributed by atoms with Crippen LogP contribution in [0.1, 0.15) is 50.7 Å². The lowest BCUT2D eigenvalue weighted by Gasteiger charge is -2.26. The normalized spacial score (nSPS) is 10.9. The average molecular weight is 424 g/mol. The number of benzene rings is 2. The van der Waals surface area contributed by atoms with Crippen LogP contribution in [-0.4, -0.2) is 22.6 Å². The van der Waals surface area contributed by atoms with Gasteiger partial charge in [-0.3, -0.25) is 4.79 Å². The molecule has 2 aromatic carbocycles. The highest BCUT2D eigenvalue weighted by molar-refractivity contribution is 6.30. The quantitative estimate of drug-likeness (QED) is 0.408. The van der Waals surface area contributed by atoms with Gasteiger partial charge in [-0.2, -0.15) is 0 Å². The van der Waals surface area contributed by atoms with Crippen molar-refractivity contribution < 1.29 is 0 Å². The summed E-state index contributed by atoms with van der Waals surface area (Å²) in [5, 5.41) is 0.649.